The van der Waals surface area contributed by atoms with Gasteiger partial charge in [0.05, 0.1) is 13.7 Å². The van der Waals surface area contributed by atoms with Crippen LogP contribution in [0.25, 0.3) is 0 Å². The fourth-order valence-electron chi connectivity index (χ4n) is 4.21. The van der Waals surface area contributed by atoms with Crippen molar-refractivity contribution in [2.24, 2.45) is 16.3 Å². The van der Waals surface area contributed by atoms with Crippen molar-refractivity contribution in [1.29, 1.82) is 0 Å². The van der Waals surface area contributed by atoms with Gasteiger partial charge < -0.3 is 9.47 Å². The number of rotatable bonds is 5. The zero-order valence-corrected chi connectivity index (χ0v) is 17.4. The maximum atomic E-state index is 13.1. The summed E-state index contributed by atoms with van der Waals surface area (Å²) in [6.45, 7) is 8.37. The molecule has 1 aromatic carbocycles. The van der Waals surface area contributed by atoms with Crippen molar-refractivity contribution < 1.29 is 19.1 Å². The van der Waals surface area contributed by atoms with Gasteiger partial charge in [0.1, 0.15) is 11.7 Å². The number of esters is 1. The highest BCUT2D eigenvalue weighted by molar-refractivity contribution is 6.09. The van der Waals surface area contributed by atoms with Crippen LogP contribution in [0, 0.1) is 11.3 Å². The molecule has 0 bridgehead atoms. The molecule has 3 rings (SSSR count). The maximum Gasteiger partial charge on any atom is 0.315 e. The van der Waals surface area contributed by atoms with Gasteiger partial charge in [0.2, 0.25) is 0 Å². The largest absolute Gasteiger partial charge is 0.497 e. The first-order valence-corrected chi connectivity index (χ1v) is 9.89. The number of ether oxygens (including phenoxy) is 2. The van der Waals surface area contributed by atoms with Crippen LogP contribution in [0.15, 0.2) is 40.5 Å². The molecule has 0 saturated heterocycles. The molecule has 0 N–H and O–H groups in total. The standard InChI is InChI=1S/C23H29NO4/c1-6-11-28-22(26)19-14(2)24-17-12-23(3,4)13-18(25)21(17)20(19)15-7-9-16(27-5)10-8-15/h7-10,19-20H,6,11-13H2,1-5H3/t19?,20-/m1/s1. The lowest BCUT2D eigenvalue weighted by Crippen LogP contribution is -2.39. The Kier molecular flexibility index (Phi) is 5.73. The molecule has 1 heterocycles. The third kappa shape index (κ3) is 3.89. The number of carbonyl (C=O) groups is 2. The van der Waals surface area contributed by atoms with E-state index in [9.17, 15) is 9.59 Å². The van der Waals surface area contributed by atoms with Gasteiger partial charge in [0, 0.05) is 29.3 Å². The van der Waals surface area contributed by atoms with Crippen molar-refractivity contribution in [3.05, 3.63) is 41.1 Å². The highest BCUT2D eigenvalue weighted by Gasteiger charge is 2.45. The van der Waals surface area contributed by atoms with E-state index < -0.39 is 5.92 Å². The Bertz CT molecular complexity index is 833. The van der Waals surface area contributed by atoms with E-state index in [1.807, 2.05) is 38.1 Å². The Hall–Kier alpha value is -2.43. The Morgan fingerprint density at radius 3 is 2.50 bits per heavy atom. The number of methoxy groups -OCH3 is 1. The molecule has 2 aliphatic rings. The monoisotopic (exact) mass is 383 g/mol. The Labute approximate surface area is 166 Å². The molecule has 5 heteroatoms. The van der Waals surface area contributed by atoms with Crippen LogP contribution < -0.4 is 4.74 Å². The lowest BCUT2D eigenvalue weighted by molar-refractivity contribution is -0.146. The van der Waals surface area contributed by atoms with Gasteiger partial charge in [0.15, 0.2) is 5.78 Å². The van der Waals surface area contributed by atoms with Gasteiger partial charge >= 0.3 is 5.97 Å². The van der Waals surface area contributed by atoms with E-state index in [1.165, 1.54) is 0 Å². The highest BCUT2D eigenvalue weighted by Crippen LogP contribution is 2.48. The highest BCUT2D eigenvalue weighted by atomic mass is 16.5. The number of hydrogen-bond donors (Lipinski definition) is 0. The molecule has 1 aliphatic heterocycles. The van der Waals surface area contributed by atoms with E-state index in [0.29, 0.717) is 24.3 Å². The minimum atomic E-state index is -0.580. The van der Waals surface area contributed by atoms with E-state index >= 15 is 0 Å². The van der Waals surface area contributed by atoms with Crippen LogP contribution in [0.2, 0.25) is 0 Å². The minimum absolute atomic E-state index is 0.0802. The normalized spacial score (nSPS) is 23.8. The SMILES string of the molecule is CCCOC(=O)C1C(C)=NC2=C(C(=O)CC(C)(C)C2)[C@@H]1c1ccc(OC)cc1. The Balaban J connectivity index is 2.11. The van der Waals surface area contributed by atoms with Crippen molar-refractivity contribution >= 4 is 17.5 Å². The van der Waals surface area contributed by atoms with E-state index in [4.69, 9.17) is 14.5 Å². The molecule has 0 amide bonds. The molecular formula is C23H29NO4. The van der Waals surface area contributed by atoms with E-state index in [-0.39, 0.29) is 23.1 Å². The number of allylic oxidation sites excluding steroid dienone is 2. The molecule has 150 valence electrons. The summed E-state index contributed by atoms with van der Waals surface area (Å²) >= 11 is 0. The quantitative estimate of drug-likeness (QED) is 0.704. The molecule has 5 nitrogen and oxygen atoms in total. The summed E-state index contributed by atoms with van der Waals surface area (Å²) in [5.41, 5.74) is 2.99. The Morgan fingerprint density at radius 2 is 1.89 bits per heavy atom. The molecule has 0 aromatic heterocycles. The fourth-order valence-corrected chi connectivity index (χ4v) is 4.21. The van der Waals surface area contributed by atoms with Crippen LogP contribution in [-0.4, -0.2) is 31.2 Å². The number of benzene rings is 1. The molecule has 0 radical (unpaired) electrons. The van der Waals surface area contributed by atoms with Crippen molar-refractivity contribution in [1.82, 2.24) is 0 Å². The fraction of sp³-hybridized carbons (Fsp3) is 0.522. The number of hydrogen-bond acceptors (Lipinski definition) is 5. The Morgan fingerprint density at radius 1 is 1.21 bits per heavy atom. The van der Waals surface area contributed by atoms with Crippen molar-refractivity contribution in [3.63, 3.8) is 0 Å². The molecule has 1 aliphatic carbocycles. The molecular weight excluding hydrogens is 354 g/mol. The van der Waals surface area contributed by atoms with Crippen LogP contribution in [0.1, 0.15) is 58.4 Å². The second kappa shape index (κ2) is 7.90. The van der Waals surface area contributed by atoms with E-state index in [2.05, 4.69) is 13.8 Å². The molecule has 0 saturated carbocycles. The van der Waals surface area contributed by atoms with E-state index in [0.717, 1.165) is 29.9 Å². The number of nitrogens with zero attached hydrogens (tertiary/aromatic N) is 1. The molecule has 2 atom stereocenters. The van der Waals surface area contributed by atoms with E-state index in [1.54, 1.807) is 7.11 Å². The second-order valence-electron chi connectivity index (χ2n) is 8.45. The number of Topliss-reactive ketones (excluding diaryl/α,β-unsaturated/α-hetero) is 1. The number of aliphatic imine (C=N–C) groups is 1. The lowest BCUT2D eigenvalue weighted by atomic mass is 9.67. The van der Waals surface area contributed by atoms with Crippen molar-refractivity contribution in [2.45, 2.75) is 52.9 Å². The van der Waals surface area contributed by atoms with Crippen LogP contribution in [-0.2, 0) is 14.3 Å². The smallest absolute Gasteiger partial charge is 0.315 e. The molecule has 1 unspecified atom stereocenters. The molecule has 0 fully saturated rings. The first-order valence-electron chi connectivity index (χ1n) is 9.89. The predicted molar refractivity (Wildman–Crippen MR) is 109 cm³/mol. The summed E-state index contributed by atoms with van der Waals surface area (Å²) < 4.78 is 10.7. The first kappa shape index (κ1) is 20.3. The lowest BCUT2D eigenvalue weighted by Gasteiger charge is -2.39. The molecule has 1 aromatic rings. The summed E-state index contributed by atoms with van der Waals surface area (Å²) in [6, 6.07) is 7.59. The summed E-state index contributed by atoms with van der Waals surface area (Å²) in [6.07, 6.45) is 1.95. The van der Waals surface area contributed by atoms with Crippen LogP contribution >= 0.6 is 0 Å². The predicted octanol–water partition coefficient (Wildman–Crippen LogP) is 4.47. The summed E-state index contributed by atoms with van der Waals surface area (Å²) in [7, 11) is 1.62. The van der Waals surface area contributed by atoms with Gasteiger partial charge in [-0.2, -0.15) is 0 Å². The van der Waals surface area contributed by atoms with Gasteiger partial charge in [-0.1, -0.05) is 32.9 Å². The first-order chi connectivity index (χ1) is 13.3. The zero-order chi connectivity index (χ0) is 20.5. The van der Waals surface area contributed by atoms with Gasteiger partial charge in [-0.05, 0) is 42.9 Å². The molecule has 28 heavy (non-hydrogen) atoms. The van der Waals surface area contributed by atoms with Crippen LogP contribution in [0.5, 0.6) is 5.75 Å². The molecule has 0 spiro atoms. The number of carbonyl (C=O) groups excluding carboxylic acids is 2. The van der Waals surface area contributed by atoms with Gasteiger partial charge in [0.25, 0.3) is 0 Å². The summed E-state index contributed by atoms with van der Waals surface area (Å²) in [4.78, 5) is 30.8. The topological polar surface area (TPSA) is 65.0 Å². The van der Waals surface area contributed by atoms with Crippen molar-refractivity contribution in [2.75, 3.05) is 13.7 Å². The summed E-state index contributed by atoms with van der Waals surface area (Å²) in [5, 5.41) is 0. The minimum Gasteiger partial charge on any atom is -0.497 e. The third-order valence-corrected chi connectivity index (χ3v) is 5.48. The van der Waals surface area contributed by atoms with Gasteiger partial charge in [-0.15, -0.1) is 0 Å². The average Bonchev–Trinajstić information content (AvgIpc) is 2.64. The second-order valence-corrected chi connectivity index (χ2v) is 8.45. The van der Waals surface area contributed by atoms with Crippen molar-refractivity contribution in [3.8, 4) is 5.75 Å². The maximum absolute atomic E-state index is 13.1. The van der Waals surface area contributed by atoms with Gasteiger partial charge in [-0.25, -0.2) is 0 Å². The average molecular weight is 383 g/mol. The zero-order valence-electron chi connectivity index (χ0n) is 17.4. The van der Waals surface area contributed by atoms with Gasteiger partial charge in [-0.3, -0.25) is 14.6 Å². The van der Waals surface area contributed by atoms with Crippen LogP contribution in [0.4, 0.5) is 0 Å². The number of ketones is 1. The van der Waals surface area contributed by atoms with Crippen LogP contribution in [0.3, 0.4) is 0 Å². The summed E-state index contributed by atoms with van der Waals surface area (Å²) in [5.74, 6) is -0.444. The third-order valence-electron chi connectivity index (χ3n) is 5.48.